The highest BCUT2D eigenvalue weighted by atomic mass is 16.6. The van der Waals surface area contributed by atoms with Crippen LogP contribution in [0.15, 0.2) is 23.1 Å². The van der Waals surface area contributed by atoms with Gasteiger partial charge in [-0.3, -0.25) is 25.1 Å². The molecule has 1 aromatic rings. The molecular weight excluding hydrogens is 268 g/mol. The van der Waals surface area contributed by atoms with Gasteiger partial charge in [0.05, 0.1) is 17.6 Å². The van der Waals surface area contributed by atoms with Crippen LogP contribution in [0.5, 0.6) is 0 Å². The summed E-state index contributed by atoms with van der Waals surface area (Å²) in [7, 11) is 0. The third-order valence-electron chi connectivity index (χ3n) is 3.14. The van der Waals surface area contributed by atoms with Gasteiger partial charge in [-0.2, -0.15) is 0 Å². The summed E-state index contributed by atoms with van der Waals surface area (Å²) in [6, 6.07) is 2.58. The number of hydrogen-bond acceptors (Lipinski definition) is 6. The molecule has 2 rings (SSSR count). The first-order valence-corrected chi connectivity index (χ1v) is 6.02. The standard InChI is InChI=1S/C11H14N4O5/c12-13-10(16)9-4-3-7(20-9)6-14-5-1-2-8(11(14)17)15(18)19/h1-2,5,7,9H,3-4,6,12H2,(H,13,16). The van der Waals surface area contributed by atoms with Crippen molar-refractivity contribution in [3.63, 3.8) is 0 Å². The molecule has 1 amide bonds. The van der Waals surface area contributed by atoms with E-state index in [0.717, 1.165) is 6.07 Å². The number of ether oxygens (including phenoxy) is 1. The van der Waals surface area contributed by atoms with Gasteiger partial charge in [-0.15, -0.1) is 0 Å². The van der Waals surface area contributed by atoms with Crippen LogP contribution in [0.2, 0.25) is 0 Å². The number of hydrazine groups is 1. The lowest BCUT2D eigenvalue weighted by atomic mass is 10.2. The highest BCUT2D eigenvalue weighted by molar-refractivity contribution is 5.80. The molecule has 0 saturated carbocycles. The highest BCUT2D eigenvalue weighted by Crippen LogP contribution is 2.20. The monoisotopic (exact) mass is 282 g/mol. The summed E-state index contributed by atoms with van der Waals surface area (Å²) < 4.78 is 6.67. The number of nitro groups is 1. The van der Waals surface area contributed by atoms with Crippen LogP contribution in [0.1, 0.15) is 12.8 Å². The van der Waals surface area contributed by atoms with Crippen molar-refractivity contribution in [1.82, 2.24) is 9.99 Å². The fraction of sp³-hybridized carbons (Fsp3) is 0.455. The molecule has 108 valence electrons. The van der Waals surface area contributed by atoms with Gasteiger partial charge in [0.15, 0.2) is 0 Å². The molecule has 0 bridgehead atoms. The maximum absolute atomic E-state index is 11.8. The van der Waals surface area contributed by atoms with Crippen LogP contribution >= 0.6 is 0 Å². The largest absolute Gasteiger partial charge is 0.363 e. The molecule has 0 spiro atoms. The number of amides is 1. The molecule has 20 heavy (non-hydrogen) atoms. The molecule has 3 N–H and O–H groups in total. The van der Waals surface area contributed by atoms with E-state index in [2.05, 4.69) is 0 Å². The number of rotatable bonds is 4. The Labute approximate surface area is 113 Å². The number of nitrogens with zero attached hydrogens (tertiary/aromatic N) is 2. The van der Waals surface area contributed by atoms with Crippen molar-refractivity contribution in [2.24, 2.45) is 5.84 Å². The first-order chi connectivity index (χ1) is 9.52. The molecule has 1 saturated heterocycles. The van der Waals surface area contributed by atoms with E-state index in [1.165, 1.54) is 16.8 Å². The normalized spacial score (nSPS) is 21.6. The van der Waals surface area contributed by atoms with Crippen molar-refractivity contribution in [2.45, 2.75) is 31.6 Å². The second kappa shape index (κ2) is 5.80. The maximum Gasteiger partial charge on any atom is 0.334 e. The Morgan fingerprint density at radius 1 is 1.60 bits per heavy atom. The van der Waals surface area contributed by atoms with Crippen LogP contribution in [0, 0.1) is 10.1 Å². The Kier molecular flexibility index (Phi) is 4.11. The predicted octanol–water partition coefficient (Wildman–Crippen LogP) is -0.706. The second-order valence-corrected chi connectivity index (χ2v) is 4.44. The zero-order chi connectivity index (χ0) is 14.7. The third kappa shape index (κ3) is 2.83. The van der Waals surface area contributed by atoms with E-state index in [4.69, 9.17) is 10.6 Å². The lowest BCUT2D eigenvalue weighted by Gasteiger charge is -2.13. The number of pyridine rings is 1. The average molecular weight is 282 g/mol. The van der Waals surface area contributed by atoms with Gasteiger partial charge in [0, 0.05) is 12.3 Å². The first kappa shape index (κ1) is 14.2. The van der Waals surface area contributed by atoms with E-state index in [1.807, 2.05) is 5.43 Å². The van der Waals surface area contributed by atoms with Crippen molar-refractivity contribution in [1.29, 1.82) is 0 Å². The Bertz CT molecular complexity index is 584. The van der Waals surface area contributed by atoms with Crippen LogP contribution in [-0.4, -0.2) is 27.6 Å². The van der Waals surface area contributed by atoms with Gasteiger partial charge >= 0.3 is 11.2 Å². The number of nitrogens with one attached hydrogen (secondary N) is 1. The van der Waals surface area contributed by atoms with Gasteiger partial charge in [0.1, 0.15) is 6.10 Å². The number of carbonyl (C=O) groups is 1. The van der Waals surface area contributed by atoms with Gasteiger partial charge < -0.3 is 9.30 Å². The molecule has 2 heterocycles. The van der Waals surface area contributed by atoms with Crippen molar-refractivity contribution in [3.8, 4) is 0 Å². The van der Waals surface area contributed by atoms with Gasteiger partial charge in [-0.05, 0) is 18.9 Å². The molecule has 1 aliphatic rings. The Morgan fingerprint density at radius 3 is 3.00 bits per heavy atom. The average Bonchev–Trinajstić information content (AvgIpc) is 2.88. The minimum absolute atomic E-state index is 0.162. The van der Waals surface area contributed by atoms with Crippen LogP contribution in [0.3, 0.4) is 0 Å². The number of hydrogen-bond donors (Lipinski definition) is 2. The molecule has 2 atom stereocenters. The zero-order valence-corrected chi connectivity index (χ0v) is 10.5. The van der Waals surface area contributed by atoms with E-state index in [9.17, 15) is 19.7 Å². The predicted molar refractivity (Wildman–Crippen MR) is 67.6 cm³/mol. The quantitative estimate of drug-likeness (QED) is 0.325. The molecule has 9 nitrogen and oxygen atoms in total. The summed E-state index contributed by atoms with van der Waals surface area (Å²) in [6.45, 7) is 0.162. The molecule has 0 aromatic carbocycles. The third-order valence-corrected chi connectivity index (χ3v) is 3.14. The minimum atomic E-state index is -0.723. The molecule has 2 unspecified atom stereocenters. The van der Waals surface area contributed by atoms with Gasteiger partial charge in [-0.1, -0.05) is 0 Å². The Morgan fingerprint density at radius 2 is 2.35 bits per heavy atom. The molecule has 1 aromatic heterocycles. The van der Waals surface area contributed by atoms with E-state index < -0.39 is 28.2 Å². The zero-order valence-electron chi connectivity index (χ0n) is 10.5. The summed E-state index contributed by atoms with van der Waals surface area (Å²) in [6.07, 6.45) is 1.54. The van der Waals surface area contributed by atoms with Crippen LogP contribution in [0.4, 0.5) is 5.69 Å². The lowest BCUT2D eigenvalue weighted by molar-refractivity contribution is -0.386. The molecule has 0 radical (unpaired) electrons. The summed E-state index contributed by atoms with van der Waals surface area (Å²) in [5, 5.41) is 10.7. The van der Waals surface area contributed by atoms with E-state index in [1.54, 1.807) is 0 Å². The van der Waals surface area contributed by atoms with E-state index in [0.29, 0.717) is 12.8 Å². The lowest BCUT2D eigenvalue weighted by Crippen LogP contribution is -2.39. The SMILES string of the molecule is NNC(=O)C1CCC(Cn2cccc([N+](=O)[O-])c2=O)O1. The fourth-order valence-corrected chi connectivity index (χ4v) is 2.15. The van der Waals surface area contributed by atoms with Crippen molar-refractivity contribution in [2.75, 3.05) is 0 Å². The first-order valence-electron chi connectivity index (χ1n) is 6.02. The van der Waals surface area contributed by atoms with Crippen molar-refractivity contribution >= 4 is 11.6 Å². The number of nitrogens with two attached hydrogens (primary N) is 1. The van der Waals surface area contributed by atoms with Crippen molar-refractivity contribution < 1.29 is 14.5 Å². The summed E-state index contributed by atoms with van der Waals surface area (Å²) in [5.41, 5.74) is 0.833. The van der Waals surface area contributed by atoms with Crippen LogP contribution in [-0.2, 0) is 16.1 Å². The summed E-state index contributed by atoms with van der Waals surface area (Å²) >= 11 is 0. The minimum Gasteiger partial charge on any atom is -0.363 e. The molecular formula is C11H14N4O5. The molecule has 0 aliphatic carbocycles. The highest BCUT2D eigenvalue weighted by Gasteiger charge is 2.30. The number of carbonyl (C=O) groups excluding carboxylic acids is 1. The topological polar surface area (TPSA) is 129 Å². The molecule has 1 aliphatic heterocycles. The van der Waals surface area contributed by atoms with Crippen molar-refractivity contribution in [3.05, 3.63) is 38.8 Å². The maximum atomic E-state index is 11.8. The van der Waals surface area contributed by atoms with E-state index in [-0.39, 0.29) is 12.6 Å². The van der Waals surface area contributed by atoms with Gasteiger partial charge in [-0.25, -0.2) is 5.84 Å². The Hall–Kier alpha value is -2.26. The number of aromatic nitrogens is 1. The van der Waals surface area contributed by atoms with Crippen LogP contribution in [0.25, 0.3) is 0 Å². The smallest absolute Gasteiger partial charge is 0.334 e. The molecule has 9 heteroatoms. The van der Waals surface area contributed by atoms with Gasteiger partial charge in [0.2, 0.25) is 0 Å². The molecule has 1 fully saturated rings. The van der Waals surface area contributed by atoms with E-state index >= 15 is 0 Å². The Balaban J connectivity index is 2.09. The van der Waals surface area contributed by atoms with Crippen LogP contribution < -0.4 is 16.8 Å². The summed E-state index contributed by atoms with van der Waals surface area (Å²) in [5.74, 6) is 4.60. The summed E-state index contributed by atoms with van der Waals surface area (Å²) in [4.78, 5) is 33.1. The second-order valence-electron chi connectivity index (χ2n) is 4.44. The van der Waals surface area contributed by atoms with Gasteiger partial charge in [0.25, 0.3) is 5.91 Å². The fourth-order valence-electron chi connectivity index (χ4n) is 2.15.